The Kier molecular flexibility index (Phi) is 33.0. The number of carboxylic acids is 4. The second kappa shape index (κ2) is 45.0. The van der Waals surface area contributed by atoms with E-state index in [9.17, 15) is 44.0 Å². The number of aliphatic carboxylic acids is 4. The van der Waals surface area contributed by atoms with Crippen LogP contribution in [0.5, 0.6) is 0 Å². The minimum atomic E-state index is -0.675. The van der Waals surface area contributed by atoms with Crippen molar-refractivity contribution in [2.75, 3.05) is 146 Å². The maximum absolute atomic E-state index is 14.5. The number of benzene rings is 5. The second-order valence-electron chi connectivity index (χ2n) is 46.0. The number of nitrogens with zero attached hydrogens (tertiary/aromatic N) is 16. The Morgan fingerprint density at radius 3 is 0.905 bits per heavy atom. The van der Waals surface area contributed by atoms with Crippen LogP contribution >= 0.6 is 78.3 Å². The normalized spacial score (nSPS) is 27.4. The van der Waals surface area contributed by atoms with Crippen molar-refractivity contribution in [2.45, 2.75) is 234 Å². The molecular weight excluding hydrogens is 2070 g/mol. The number of fused-ring (bicyclic) bond motifs is 1. The summed E-state index contributed by atoms with van der Waals surface area (Å²) in [5, 5.41) is 55.5. The quantitative estimate of drug-likeness (QED) is 0.0226. The van der Waals surface area contributed by atoms with Gasteiger partial charge in [-0.05, 0) is 372 Å². The van der Waals surface area contributed by atoms with E-state index in [0.29, 0.717) is 82.5 Å². The van der Waals surface area contributed by atoms with Gasteiger partial charge in [-0.3, -0.25) is 19.2 Å². The lowest BCUT2D eigenvalue weighted by atomic mass is 9.65. The van der Waals surface area contributed by atoms with E-state index in [4.69, 9.17) is 66.3 Å². The van der Waals surface area contributed by atoms with Gasteiger partial charge in [0.15, 0.2) is 11.6 Å². The molecule has 28 nitrogen and oxygen atoms in total. The van der Waals surface area contributed by atoms with Crippen LogP contribution in [0.3, 0.4) is 0 Å². The summed E-state index contributed by atoms with van der Waals surface area (Å²) in [6.07, 6.45) is 20.7. The molecule has 8 N–H and O–H groups in total. The second-order valence-corrected chi connectivity index (χ2v) is 49.4. The summed E-state index contributed by atoms with van der Waals surface area (Å²) in [5.41, 5.74) is 7.30. The molecule has 12 aliphatic rings. The molecule has 0 radical (unpaired) electrons. The van der Waals surface area contributed by atoms with Crippen molar-refractivity contribution in [2.24, 2.45) is 69.0 Å². The number of carbonyl (C=O) groups is 4. The highest BCUT2D eigenvalue weighted by atomic mass is 79.9. The lowest BCUT2D eigenvalue weighted by molar-refractivity contribution is -0.159. The summed E-state index contributed by atoms with van der Waals surface area (Å²) >= 11 is 33.1. The number of anilines is 8. The Balaban J connectivity index is 0.000000128. The SMILES string of the molecule is Cc1ccc(C(C)Nc2nc(N3CC(C4CCCN(C5CC(C)(C(=O)O)C5)C4)C3)nc3ccccc23)c(Cl)c1.Cc1ccc(C(C)Nc2nc(N3CC(C4CCCN(C5CC(C)(C(=O)O)C5)C4)C3)ncc2Br)c(Cl)c1.Cc1ccc(C(C)Nc2nc(N3CC(C4CCCN(C5CC(C)(C(=O)O)C5)C4)C3)ncc2Br)c(Cl)c1.Cc1ccc(C(C)Nc2nc(N3CC(C4CCCN(C5CC(C)(C(=O)O)C5)C4)C3)ncc2F)c(Cl)c1. The molecule has 5 aromatic carbocycles. The lowest BCUT2D eigenvalue weighted by Gasteiger charge is -2.52. The van der Waals surface area contributed by atoms with E-state index in [2.05, 4.69) is 182 Å². The van der Waals surface area contributed by atoms with Gasteiger partial charge < -0.3 is 80.9 Å². The van der Waals surface area contributed by atoms with Crippen molar-refractivity contribution in [1.29, 1.82) is 0 Å². The fourth-order valence-corrected chi connectivity index (χ4v) is 27.0. The number of halogens is 7. The average Bonchev–Trinajstić information content (AvgIpc) is 0.760. The van der Waals surface area contributed by atoms with Gasteiger partial charge in [-0.15, -0.1) is 0 Å². The first-order valence-corrected chi connectivity index (χ1v) is 56.0. The van der Waals surface area contributed by atoms with Gasteiger partial charge in [0.2, 0.25) is 23.8 Å². The third-order valence-corrected chi connectivity index (χ3v) is 37.2. The van der Waals surface area contributed by atoms with Gasteiger partial charge in [0, 0.05) is 141 Å². The molecular formula is C112H143Br2Cl4FN20O8. The van der Waals surface area contributed by atoms with Gasteiger partial charge in [0.05, 0.1) is 66.5 Å². The molecule has 147 heavy (non-hydrogen) atoms. The van der Waals surface area contributed by atoms with Gasteiger partial charge in [-0.1, -0.05) is 107 Å². The van der Waals surface area contributed by atoms with Crippen LogP contribution in [0.15, 0.2) is 125 Å². The largest absolute Gasteiger partial charge is 0.481 e. The van der Waals surface area contributed by atoms with Gasteiger partial charge in [0.25, 0.3) is 0 Å². The molecule has 35 heteroatoms. The number of hydrogen-bond acceptors (Lipinski definition) is 24. The number of nitrogens with one attached hydrogen (secondary N) is 4. The van der Waals surface area contributed by atoms with E-state index < -0.39 is 51.4 Å². The van der Waals surface area contributed by atoms with E-state index in [0.717, 1.165) is 277 Å². The first kappa shape index (κ1) is 108. The molecule has 8 atom stereocenters. The van der Waals surface area contributed by atoms with Gasteiger partial charge in [-0.2, -0.15) is 19.9 Å². The van der Waals surface area contributed by atoms with Crippen LogP contribution in [0, 0.1) is 103 Å². The van der Waals surface area contributed by atoms with E-state index in [1.165, 1.54) is 51.1 Å². The molecule has 4 aliphatic carbocycles. The fraction of sp³-hybridized carbons (Fsp3) is 0.571. The first-order chi connectivity index (χ1) is 70.1. The van der Waals surface area contributed by atoms with Crippen LogP contribution < -0.4 is 40.9 Å². The fourth-order valence-electron chi connectivity index (χ4n) is 24.8. The van der Waals surface area contributed by atoms with Crippen LogP contribution in [0.25, 0.3) is 10.9 Å². The number of aryl methyl sites for hydroxylation is 4. The lowest BCUT2D eigenvalue weighted by Crippen LogP contribution is -2.58. The topological polar surface area (TPSA) is 326 Å². The van der Waals surface area contributed by atoms with Crippen molar-refractivity contribution in [3.05, 3.63) is 195 Å². The number of hydrogen-bond donors (Lipinski definition) is 8. The standard InChI is InChI=1S/C31H38ClN5O2.2C27H35BrClN5O2.C27H35ClFN5O2/c1-19-10-11-24(26(32)13-19)20(2)33-28-25-8-4-5-9-27(25)34-30(35-28)37-17-22(18-37)21-7-6-12-36(16-21)23-14-31(3,15-23)29(38)39;2*1-16-6-7-21(23(29)9-16)17(2)31-24-22(28)12-30-26(32-24)34-14-19(15-34)18-5-4-8-33(13-18)20-10-27(3,11-20)25(35)36;1-16-6-7-21(22(28)9-16)17(2)31-24-23(29)12-30-26(32-24)34-14-19(15-34)18-5-4-8-33(13-18)20-10-27(3,11-20)25(35)36/h4-5,8-11,13,20-23H,6-7,12,14-18H2,1-3H3,(H,38,39)(H,33,34,35);3*6-7,9,12,17-20H,4-5,8,10-11,13-15H2,1-3H3,(H,35,36)(H,30,31,32). The van der Waals surface area contributed by atoms with Crippen LogP contribution in [0.1, 0.15) is 227 Å². The molecule has 8 saturated heterocycles. The molecule has 4 aromatic heterocycles. The molecule has 788 valence electrons. The molecule has 12 fully saturated rings. The van der Waals surface area contributed by atoms with Crippen molar-refractivity contribution in [3.63, 3.8) is 0 Å². The van der Waals surface area contributed by atoms with E-state index in [1.807, 2.05) is 123 Å². The zero-order valence-corrected chi connectivity index (χ0v) is 92.8. The Morgan fingerprint density at radius 1 is 0.354 bits per heavy atom. The Bertz CT molecular complexity index is 5850. The molecule has 12 heterocycles. The van der Waals surface area contributed by atoms with Gasteiger partial charge >= 0.3 is 23.9 Å². The molecule has 4 saturated carbocycles. The molecule has 21 rings (SSSR count). The molecule has 8 aliphatic heterocycles. The van der Waals surface area contributed by atoms with E-state index >= 15 is 0 Å². The third kappa shape index (κ3) is 24.2. The van der Waals surface area contributed by atoms with Crippen LogP contribution in [0.4, 0.5) is 51.5 Å². The zero-order chi connectivity index (χ0) is 104. The summed E-state index contributed by atoms with van der Waals surface area (Å²) in [4.78, 5) is 103. The molecule has 0 spiro atoms. The van der Waals surface area contributed by atoms with Crippen molar-refractivity contribution < 1.29 is 44.0 Å². The maximum atomic E-state index is 14.5. The minimum absolute atomic E-state index is 0.00361. The summed E-state index contributed by atoms with van der Waals surface area (Å²) in [6, 6.07) is 33.9. The predicted molar refractivity (Wildman–Crippen MR) is 589 cm³/mol. The average molecular weight is 2220 g/mol. The smallest absolute Gasteiger partial charge is 0.309 e. The highest BCUT2D eigenvalue weighted by Gasteiger charge is 2.55. The van der Waals surface area contributed by atoms with Crippen molar-refractivity contribution in [1.82, 2.24) is 59.5 Å². The Hall–Kier alpha value is -9.15. The number of aromatic nitrogens is 8. The van der Waals surface area contributed by atoms with Gasteiger partial charge in [-0.25, -0.2) is 24.3 Å². The summed E-state index contributed by atoms with van der Waals surface area (Å²) in [6.45, 7) is 40.0. The molecule has 0 bridgehead atoms. The third-order valence-electron chi connectivity index (χ3n) is 34.7. The number of rotatable bonds is 28. The van der Waals surface area contributed by atoms with Crippen molar-refractivity contribution in [3.8, 4) is 0 Å². The van der Waals surface area contributed by atoms with E-state index in [-0.39, 0.29) is 30.0 Å². The van der Waals surface area contributed by atoms with Crippen LogP contribution in [-0.4, -0.2) is 233 Å². The summed E-state index contributed by atoms with van der Waals surface area (Å²) in [5.74, 6) is 7.25. The number of likely N-dealkylation sites (tertiary alicyclic amines) is 4. The number of carboxylic acid groups (broad SMARTS) is 4. The van der Waals surface area contributed by atoms with Gasteiger partial charge in [0.1, 0.15) is 17.5 Å². The molecule has 0 amide bonds. The van der Waals surface area contributed by atoms with Crippen molar-refractivity contribution >= 4 is 160 Å². The molecule has 8 unspecified atom stereocenters. The molecule has 9 aromatic rings. The van der Waals surface area contributed by atoms with Crippen LogP contribution in [0.2, 0.25) is 20.1 Å². The Labute approximate surface area is 900 Å². The van der Waals surface area contributed by atoms with E-state index in [1.54, 1.807) is 0 Å². The highest BCUT2D eigenvalue weighted by Crippen LogP contribution is 2.52. The minimum Gasteiger partial charge on any atom is -0.481 e. The maximum Gasteiger partial charge on any atom is 0.309 e. The number of para-hydroxylation sites is 1. The Morgan fingerprint density at radius 2 is 0.612 bits per heavy atom. The van der Waals surface area contributed by atoms with Crippen LogP contribution in [-0.2, 0) is 19.2 Å². The first-order valence-electron chi connectivity index (χ1n) is 52.9. The summed E-state index contributed by atoms with van der Waals surface area (Å²) < 4.78 is 16.2. The number of piperidine rings is 4. The zero-order valence-electron chi connectivity index (χ0n) is 86.6. The monoisotopic (exact) mass is 2210 g/mol. The predicted octanol–water partition coefficient (Wildman–Crippen LogP) is 22.9. The highest BCUT2D eigenvalue weighted by molar-refractivity contribution is 9.11. The summed E-state index contributed by atoms with van der Waals surface area (Å²) in [7, 11) is 0.